The summed E-state index contributed by atoms with van der Waals surface area (Å²) in [6.07, 6.45) is 5.97. The van der Waals surface area contributed by atoms with Gasteiger partial charge in [-0.05, 0) is 80.6 Å². The van der Waals surface area contributed by atoms with Gasteiger partial charge in [0.05, 0.1) is 5.56 Å². The topological polar surface area (TPSA) is 196 Å². The van der Waals surface area contributed by atoms with Crippen LogP contribution in [-0.2, 0) is 4.79 Å². The third-order valence-electron chi connectivity index (χ3n) is 5.91. The molecule has 0 radical (unpaired) electrons. The molecule has 2 aromatic carbocycles. The molecule has 0 atom stereocenters. The van der Waals surface area contributed by atoms with Crippen molar-refractivity contribution in [2.45, 2.75) is 62.8 Å². The first-order valence-corrected chi connectivity index (χ1v) is 12.5. The van der Waals surface area contributed by atoms with Gasteiger partial charge in [-0.25, -0.2) is 0 Å². The summed E-state index contributed by atoms with van der Waals surface area (Å²) in [7, 11) is 0. The molecule has 1 saturated heterocycles. The van der Waals surface area contributed by atoms with Gasteiger partial charge in [-0.1, -0.05) is 20.3 Å². The zero-order valence-corrected chi connectivity index (χ0v) is 22.2. The second-order valence-corrected chi connectivity index (χ2v) is 9.71. The van der Waals surface area contributed by atoms with Crippen LogP contribution >= 0.6 is 12.6 Å². The zero-order valence-electron chi connectivity index (χ0n) is 21.3. The number of hydrogen-bond donors (Lipinski definition) is 7. The standard InChI is InChI=1S/C21H24N4O3S.C5H11N.2H2O/c1-11(2)15-9-16(18(27)10-17(15)26)19(22)25(13-5-7-14(29)8-6-13)20(23)21(28)24-12-3-4-12;1-2-4-6-5-3-1;;/h5-12,22-23,26-27,29H,3-4H2,1-2H3,(H,24,28);6H,1-5H2;2*1H2. The molecule has 0 unspecified atom stereocenters. The highest BCUT2D eigenvalue weighted by molar-refractivity contribution is 7.80. The number of phenolic OH excluding ortho intramolecular Hbond substituents is 2. The summed E-state index contributed by atoms with van der Waals surface area (Å²) in [5.74, 6) is -1.67. The Labute approximate surface area is 223 Å². The molecule has 2 aliphatic rings. The van der Waals surface area contributed by atoms with Gasteiger partial charge in [-0.3, -0.25) is 20.5 Å². The summed E-state index contributed by atoms with van der Waals surface area (Å²) in [5.41, 5.74) is 1.09. The Morgan fingerprint density at radius 1 is 1.03 bits per heavy atom. The van der Waals surface area contributed by atoms with Gasteiger partial charge in [0.25, 0.3) is 5.91 Å². The van der Waals surface area contributed by atoms with E-state index in [1.165, 1.54) is 49.4 Å². The van der Waals surface area contributed by atoms with Crippen molar-refractivity contribution in [3.05, 3.63) is 47.5 Å². The van der Waals surface area contributed by atoms with Gasteiger partial charge in [-0.15, -0.1) is 12.6 Å². The molecule has 0 spiro atoms. The largest absolute Gasteiger partial charge is 0.508 e. The number of carbonyl (C=O) groups excluding carboxylic acids is 1. The van der Waals surface area contributed by atoms with Crippen LogP contribution in [0.25, 0.3) is 0 Å². The lowest BCUT2D eigenvalue weighted by Gasteiger charge is -2.26. The number of amides is 1. The number of carbonyl (C=O) groups is 1. The van der Waals surface area contributed by atoms with E-state index in [9.17, 15) is 15.0 Å². The lowest BCUT2D eigenvalue weighted by Crippen LogP contribution is -2.46. The molecule has 1 saturated carbocycles. The van der Waals surface area contributed by atoms with Crippen LogP contribution in [0.15, 0.2) is 41.3 Å². The van der Waals surface area contributed by atoms with E-state index in [-0.39, 0.29) is 45.8 Å². The second kappa shape index (κ2) is 14.6. The van der Waals surface area contributed by atoms with E-state index in [0.717, 1.165) is 12.8 Å². The average molecular weight is 534 g/mol. The monoisotopic (exact) mass is 533 g/mol. The number of hydrogen-bond acceptors (Lipinski definition) is 7. The van der Waals surface area contributed by atoms with Gasteiger partial charge in [0, 0.05) is 22.7 Å². The quantitative estimate of drug-likeness (QED) is 0.180. The smallest absolute Gasteiger partial charge is 0.287 e. The summed E-state index contributed by atoms with van der Waals surface area (Å²) in [4.78, 5) is 14.4. The molecule has 37 heavy (non-hydrogen) atoms. The molecule has 2 fully saturated rings. The zero-order chi connectivity index (χ0) is 25.5. The highest BCUT2D eigenvalue weighted by Gasteiger charge is 2.30. The van der Waals surface area contributed by atoms with Crippen molar-refractivity contribution < 1.29 is 26.0 Å². The van der Waals surface area contributed by atoms with E-state index >= 15 is 0 Å². The van der Waals surface area contributed by atoms with E-state index in [1.807, 2.05) is 13.8 Å². The Balaban J connectivity index is 0.000000753. The first-order valence-electron chi connectivity index (χ1n) is 12.0. The molecule has 1 aliphatic carbocycles. The lowest BCUT2D eigenvalue weighted by molar-refractivity contribution is -0.115. The van der Waals surface area contributed by atoms with Gasteiger partial charge >= 0.3 is 0 Å². The van der Waals surface area contributed by atoms with Crippen molar-refractivity contribution in [1.29, 1.82) is 10.8 Å². The maximum Gasteiger partial charge on any atom is 0.287 e. The molecule has 0 bridgehead atoms. The van der Waals surface area contributed by atoms with Gasteiger partial charge in [0.1, 0.15) is 17.3 Å². The summed E-state index contributed by atoms with van der Waals surface area (Å²) in [5, 5.41) is 43.6. The number of anilines is 1. The predicted octanol–water partition coefficient (Wildman–Crippen LogP) is 2.71. The van der Waals surface area contributed by atoms with E-state index in [2.05, 4.69) is 23.3 Å². The van der Waals surface area contributed by atoms with Crippen LogP contribution in [0.4, 0.5) is 5.69 Å². The molecule has 4 rings (SSSR count). The molecule has 2 aromatic rings. The number of amidine groups is 2. The maximum atomic E-state index is 12.5. The minimum Gasteiger partial charge on any atom is -0.508 e. The van der Waals surface area contributed by atoms with Crippen LogP contribution in [-0.4, -0.2) is 57.9 Å². The highest BCUT2D eigenvalue weighted by atomic mass is 32.1. The fourth-order valence-electron chi connectivity index (χ4n) is 3.72. The van der Waals surface area contributed by atoms with E-state index < -0.39 is 11.7 Å². The van der Waals surface area contributed by atoms with Gasteiger partial charge < -0.3 is 31.8 Å². The van der Waals surface area contributed by atoms with Crippen LogP contribution < -0.4 is 15.5 Å². The summed E-state index contributed by atoms with van der Waals surface area (Å²) in [6, 6.07) is 9.45. The highest BCUT2D eigenvalue weighted by Crippen LogP contribution is 2.34. The average Bonchev–Trinajstić information content (AvgIpc) is 3.65. The molecule has 1 aliphatic heterocycles. The van der Waals surface area contributed by atoms with Crippen LogP contribution in [0.1, 0.15) is 63.0 Å². The van der Waals surface area contributed by atoms with Gasteiger partial charge in [0.15, 0.2) is 5.84 Å². The van der Waals surface area contributed by atoms with Crippen LogP contribution in [0.5, 0.6) is 11.5 Å². The van der Waals surface area contributed by atoms with E-state index in [1.54, 1.807) is 24.3 Å². The minimum absolute atomic E-state index is 0. The SMILES string of the molecule is C1CCNCC1.CC(C)c1cc(C(=N)N(C(=N)C(=O)NC2CC2)c2ccc(S)cc2)c(O)cc1O.O.O. The maximum absolute atomic E-state index is 12.5. The molecule has 0 aromatic heterocycles. The van der Waals surface area contributed by atoms with Crippen molar-refractivity contribution in [1.82, 2.24) is 10.6 Å². The van der Waals surface area contributed by atoms with E-state index in [4.69, 9.17) is 10.8 Å². The molecule has 10 N–H and O–H groups in total. The number of aromatic hydroxyl groups is 2. The van der Waals surface area contributed by atoms with Crippen molar-refractivity contribution in [2.24, 2.45) is 0 Å². The van der Waals surface area contributed by atoms with Crippen molar-refractivity contribution in [3.63, 3.8) is 0 Å². The molecule has 1 amide bonds. The minimum atomic E-state index is -0.588. The first kappa shape index (κ1) is 31.9. The molecule has 204 valence electrons. The summed E-state index contributed by atoms with van der Waals surface area (Å²) in [6.45, 7) is 6.27. The number of nitrogens with zero attached hydrogens (tertiary/aromatic N) is 1. The number of phenols is 2. The summed E-state index contributed by atoms with van der Waals surface area (Å²) < 4.78 is 0. The second-order valence-electron chi connectivity index (χ2n) is 9.19. The van der Waals surface area contributed by atoms with Gasteiger partial charge in [0.2, 0.25) is 0 Å². The normalized spacial score (nSPS) is 14.3. The van der Waals surface area contributed by atoms with Crippen LogP contribution in [0.2, 0.25) is 0 Å². The Hall–Kier alpha value is -3.12. The predicted molar refractivity (Wildman–Crippen MR) is 150 cm³/mol. The third-order valence-corrected chi connectivity index (χ3v) is 6.21. The number of nitrogens with one attached hydrogen (secondary N) is 4. The Morgan fingerprint density at radius 3 is 2.08 bits per heavy atom. The molecule has 11 heteroatoms. The lowest BCUT2D eigenvalue weighted by atomic mass is 9.98. The molecule has 1 heterocycles. The number of piperidine rings is 1. The fraction of sp³-hybridized carbons (Fsp3) is 0.423. The molecular weight excluding hydrogens is 494 g/mol. The number of benzene rings is 2. The Bertz CT molecular complexity index is 1060. The first-order chi connectivity index (χ1) is 16.7. The van der Waals surface area contributed by atoms with Gasteiger partial charge in [-0.2, -0.15) is 0 Å². The van der Waals surface area contributed by atoms with Crippen molar-refractivity contribution >= 4 is 35.9 Å². The molecular formula is C26H39N5O5S. The van der Waals surface area contributed by atoms with Crippen molar-refractivity contribution in [2.75, 3.05) is 18.0 Å². The summed E-state index contributed by atoms with van der Waals surface area (Å²) >= 11 is 4.26. The number of rotatable bonds is 4. The van der Waals surface area contributed by atoms with Crippen LogP contribution in [0, 0.1) is 10.8 Å². The Kier molecular flexibility index (Phi) is 12.6. The number of thiol groups is 1. The Morgan fingerprint density at radius 2 is 1.62 bits per heavy atom. The fourth-order valence-corrected chi connectivity index (χ4v) is 3.87. The van der Waals surface area contributed by atoms with Crippen molar-refractivity contribution in [3.8, 4) is 11.5 Å². The molecule has 10 nitrogen and oxygen atoms in total. The third kappa shape index (κ3) is 8.74. The van der Waals surface area contributed by atoms with E-state index in [0.29, 0.717) is 16.1 Å². The van der Waals surface area contributed by atoms with Crippen LogP contribution in [0.3, 0.4) is 0 Å².